The van der Waals surface area contributed by atoms with Crippen LogP contribution in [0.25, 0.3) is 55.4 Å². The molecule has 6 aromatic rings. The Bertz CT molecular complexity index is 3010. The Morgan fingerprint density at radius 1 is 0.775 bits per heavy atom. The third kappa shape index (κ3) is 12.0. The van der Waals surface area contributed by atoms with E-state index in [2.05, 4.69) is 41.4 Å². The zero-order chi connectivity index (χ0) is 51.1. The molecule has 0 radical (unpaired) electrons. The van der Waals surface area contributed by atoms with Crippen LogP contribution in [-0.4, -0.2) is 98.2 Å². The van der Waals surface area contributed by atoms with Gasteiger partial charge in [-0.1, -0.05) is 46.7 Å². The molecule has 2 aliphatic carbocycles. The molecule has 71 heavy (non-hydrogen) atoms. The van der Waals surface area contributed by atoms with Crippen molar-refractivity contribution in [2.24, 2.45) is 0 Å². The number of aliphatic carboxylic acids is 1. The molecule has 0 spiro atoms. The molecule has 2 atom stereocenters. The van der Waals surface area contributed by atoms with Crippen molar-refractivity contribution in [2.45, 2.75) is 104 Å². The number of carbonyl (C=O) groups excluding carboxylic acids is 2. The number of hydrogen-bond donors (Lipinski definition) is 2. The first-order chi connectivity index (χ1) is 33.8. The van der Waals surface area contributed by atoms with Crippen LogP contribution in [0.3, 0.4) is 0 Å². The van der Waals surface area contributed by atoms with Crippen molar-refractivity contribution in [3.05, 3.63) is 118 Å². The SMILES string of the molecule is [C-]#[N+]c1cc(-c2nc(-c3cccc4c3CC[C@@H]4N(CC(=O)O)C(=O)OC(C)(C)C)no2)ccc1OC(C)C.[C-]#[N+]c1cc(-c2nc(-c3cccc4c3CC[C@@H]4NCC(=O)N(C)C)no2)ccc1OC(C)C. The maximum Gasteiger partial charge on any atom is 0.411 e. The van der Waals surface area contributed by atoms with Crippen LogP contribution in [0.1, 0.15) is 95.6 Å². The average molecular weight is 964 g/mol. The van der Waals surface area contributed by atoms with E-state index < -0.39 is 30.3 Å². The Labute approximate surface area is 412 Å². The molecule has 0 fully saturated rings. The van der Waals surface area contributed by atoms with Gasteiger partial charge in [0.1, 0.15) is 23.6 Å². The number of benzene rings is 4. The summed E-state index contributed by atoms with van der Waals surface area (Å²) < 4.78 is 28.0. The highest BCUT2D eigenvalue weighted by molar-refractivity contribution is 5.79. The molecule has 4 aromatic carbocycles. The number of carbonyl (C=O) groups is 3. The van der Waals surface area contributed by atoms with Crippen LogP contribution in [0.15, 0.2) is 81.8 Å². The highest BCUT2D eigenvalue weighted by atomic mass is 16.6. The number of fused-ring (bicyclic) bond motifs is 2. The minimum absolute atomic E-state index is 0.0224. The fraction of sp³-hybridized carbons (Fsp3) is 0.377. The van der Waals surface area contributed by atoms with Crippen LogP contribution in [0, 0.1) is 13.1 Å². The van der Waals surface area contributed by atoms with Crippen molar-refractivity contribution in [1.82, 2.24) is 35.4 Å². The van der Waals surface area contributed by atoms with Gasteiger partial charge < -0.3 is 38.6 Å². The van der Waals surface area contributed by atoms with Gasteiger partial charge in [-0.3, -0.25) is 14.5 Å². The lowest BCUT2D eigenvalue weighted by molar-refractivity contribution is -0.139. The molecule has 368 valence electrons. The monoisotopic (exact) mass is 963 g/mol. The van der Waals surface area contributed by atoms with Crippen LogP contribution < -0.4 is 14.8 Å². The fourth-order valence-corrected chi connectivity index (χ4v) is 8.46. The van der Waals surface area contributed by atoms with Gasteiger partial charge in [0.15, 0.2) is 0 Å². The number of amides is 2. The number of rotatable bonds is 14. The number of likely N-dealkylation sites (N-methyl/N-ethyl adjacent to an activating group) is 1. The van der Waals surface area contributed by atoms with Crippen molar-refractivity contribution < 1.29 is 42.7 Å². The van der Waals surface area contributed by atoms with Crippen molar-refractivity contribution >= 4 is 29.3 Å². The first-order valence-electron chi connectivity index (χ1n) is 23.3. The van der Waals surface area contributed by atoms with Crippen molar-refractivity contribution in [3.63, 3.8) is 0 Å². The summed E-state index contributed by atoms with van der Waals surface area (Å²) in [6.45, 7) is 27.6. The molecule has 2 heterocycles. The Balaban J connectivity index is 0.000000211. The maximum atomic E-state index is 12.9. The molecule has 0 bridgehead atoms. The lowest BCUT2D eigenvalue weighted by atomic mass is 10.0. The normalized spacial score (nSPS) is 14.7. The van der Waals surface area contributed by atoms with E-state index in [4.69, 9.17) is 36.4 Å². The van der Waals surface area contributed by atoms with E-state index in [-0.39, 0.29) is 30.0 Å². The molecule has 0 aliphatic heterocycles. The Hall–Kier alpha value is -8.09. The van der Waals surface area contributed by atoms with Crippen LogP contribution in [0.5, 0.6) is 11.5 Å². The van der Waals surface area contributed by atoms with E-state index in [9.17, 15) is 19.5 Å². The summed E-state index contributed by atoms with van der Waals surface area (Å²) in [6.07, 6.45) is 2.14. The molecule has 8 rings (SSSR count). The first-order valence-corrected chi connectivity index (χ1v) is 23.3. The fourth-order valence-electron chi connectivity index (χ4n) is 8.46. The molecule has 2 aliphatic rings. The zero-order valence-corrected chi connectivity index (χ0v) is 41.3. The summed E-state index contributed by atoms with van der Waals surface area (Å²) in [5, 5.41) is 21.2. The number of carboxylic acid groups (broad SMARTS) is 1. The lowest BCUT2D eigenvalue weighted by Crippen LogP contribution is -2.41. The quantitative estimate of drug-likeness (QED) is 0.0975. The molecular weight excluding hydrogens is 907 g/mol. The smallest absolute Gasteiger partial charge is 0.411 e. The van der Waals surface area contributed by atoms with E-state index in [0.29, 0.717) is 70.9 Å². The van der Waals surface area contributed by atoms with Crippen LogP contribution >= 0.6 is 0 Å². The van der Waals surface area contributed by atoms with Crippen LogP contribution in [-0.2, 0) is 27.2 Å². The molecule has 2 amide bonds. The summed E-state index contributed by atoms with van der Waals surface area (Å²) in [5.41, 5.74) is 7.00. The van der Waals surface area contributed by atoms with Gasteiger partial charge in [-0.15, -0.1) is 0 Å². The molecule has 0 unspecified atom stereocenters. The summed E-state index contributed by atoms with van der Waals surface area (Å²) in [5.74, 6) is 1.45. The molecule has 2 aromatic heterocycles. The van der Waals surface area contributed by atoms with Crippen molar-refractivity contribution in [1.29, 1.82) is 0 Å². The zero-order valence-electron chi connectivity index (χ0n) is 41.3. The van der Waals surface area contributed by atoms with E-state index in [1.807, 2.05) is 64.1 Å². The molecular formula is C53H57N9O9. The van der Waals surface area contributed by atoms with E-state index in [1.54, 1.807) is 70.1 Å². The topological polar surface area (TPSA) is 204 Å². The number of nitrogens with zero attached hydrogens (tertiary/aromatic N) is 8. The van der Waals surface area contributed by atoms with Gasteiger partial charge in [0.05, 0.1) is 37.9 Å². The Morgan fingerprint density at radius 2 is 1.28 bits per heavy atom. The second-order valence-electron chi connectivity index (χ2n) is 18.8. The minimum Gasteiger partial charge on any atom is -0.502 e. The van der Waals surface area contributed by atoms with Gasteiger partial charge >= 0.3 is 12.1 Å². The summed E-state index contributed by atoms with van der Waals surface area (Å²) >= 11 is 0. The molecule has 2 N–H and O–H groups in total. The first kappa shape index (κ1) is 50.8. The Kier molecular flexibility index (Phi) is 15.5. The van der Waals surface area contributed by atoms with Crippen molar-refractivity contribution in [2.75, 3.05) is 27.2 Å². The third-order valence-electron chi connectivity index (χ3n) is 11.5. The van der Waals surface area contributed by atoms with Crippen LogP contribution in [0.4, 0.5) is 16.2 Å². The predicted molar refractivity (Wildman–Crippen MR) is 264 cm³/mol. The summed E-state index contributed by atoms with van der Waals surface area (Å²) in [4.78, 5) is 55.6. The number of hydrogen-bond acceptors (Lipinski definition) is 13. The number of nitrogens with one attached hydrogen (secondary N) is 1. The number of ether oxygens (including phenoxy) is 3. The van der Waals surface area contributed by atoms with Gasteiger partial charge in [-0.25, -0.2) is 14.5 Å². The van der Waals surface area contributed by atoms with Crippen molar-refractivity contribution in [3.8, 4) is 57.2 Å². The van der Waals surface area contributed by atoms with E-state index >= 15 is 0 Å². The van der Waals surface area contributed by atoms with Gasteiger partial charge in [-0.2, -0.15) is 9.97 Å². The van der Waals surface area contributed by atoms with Gasteiger partial charge in [0, 0.05) is 42.4 Å². The lowest BCUT2D eigenvalue weighted by Gasteiger charge is -2.31. The number of aromatic nitrogens is 4. The van der Waals surface area contributed by atoms with Gasteiger partial charge in [0.2, 0.25) is 28.9 Å². The standard InChI is InChI=1S/C28H30N4O6.C25H27N5O3/c1-16(2)36-23-13-10-17(14-21(23)29-6)26-30-25(31-38-26)20-9-7-8-19-18(20)11-12-22(19)32(15-24(33)34)27(35)37-28(3,4)5;1-15(2)32-22-12-9-16(13-21(22)26-3)25-28-24(29-33-25)19-8-6-7-18-17(19)10-11-20(18)27-14-23(31)30(4)5/h7-10,13-14,16,22H,11-12,15H2,1-5H3,(H,33,34);6-9,12-13,15,20,27H,10-11,14H2,1-2,4-5H3/t22-;20-/m00/s1. The summed E-state index contributed by atoms with van der Waals surface area (Å²) in [6, 6.07) is 21.7. The molecule has 0 saturated carbocycles. The molecule has 0 saturated heterocycles. The van der Waals surface area contributed by atoms with Gasteiger partial charge in [0.25, 0.3) is 11.8 Å². The minimum atomic E-state index is -1.12. The largest absolute Gasteiger partial charge is 0.502 e. The highest BCUT2D eigenvalue weighted by Gasteiger charge is 2.36. The molecule has 18 nitrogen and oxygen atoms in total. The second kappa shape index (κ2) is 21.7. The second-order valence-corrected chi connectivity index (χ2v) is 18.8. The number of carboxylic acids is 1. The highest BCUT2D eigenvalue weighted by Crippen LogP contribution is 2.42. The average Bonchev–Trinajstić information content (AvgIpc) is 4.16. The Morgan fingerprint density at radius 3 is 1.76 bits per heavy atom. The van der Waals surface area contributed by atoms with Gasteiger partial charge in [-0.05, 0) is 133 Å². The third-order valence-corrected chi connectivity index (χ3v) is 11.5. The predicted octanol–water partition coefficient (Wildman–Crippen LogP) is 10.5. The van der Waals surface area contributed by atoms with E-state index in [1.165, 1.54) is 10.5 Å². The summed E-state index contributed by atoms with van der Waals surface area (Å²) in [7, 11) is 3.51. The van der Waals surface area contributed by atoms with Crippen LogP contribution in [0.2, 0.25) is 0 Å². The maximum absolute atomic E-state index is 12.9. The van der Waals surface area contributed by atoms with E-state index in [0.717, 1.165) is 40.7 Å². The molecule has 18 heteroatoms.